The number of aryl methyl sites for hydroxylation is 2. The first-order valence-electron chi connectivity index (χ1n) is 8.81. The van der Waals surface area contributed by atoms with Gasteiger partial charge < -0.3 is 9.52 Å². The molecule has 0 spiro atoms. The number of alkyl halides is 3. The number of aliphatic carboxylic acids is 1. The van der Waals surface area contributed by atoms with Gasteiger partial charge >= 0.3 is 12.1 Å². The third-order valence-corrected chi connectivity index (χ3v) is 5.23. The minimum Gasteiger partial charge on any atom is -0.481 e. The average molecular weight is 439 g/mol. The molecule has 0 bridgehead atoms. The topological polar surface area (TPSA) is 63.3 Å². The molecular formula is C21H17F4NO3S. The van der Waals surface area contributed by atoms with Gasteiger partial charge in [-0.15, -0.1) is 11.8 Å². The molecule has 0 aliphatic carbocycles. The van der Waals surface area contributed by atoms with Crippen LogP contribution in [0.15, 0.2) is 45.7 Å². The summed E-state index contributed by atoms with van der Waals surface area (Å²) in [6, 6.07) is 8.03. The van der Waals surface area contributed by atoms with Crippen LogP contribution in [0.4, 0.5) is 17.6 Å². The van der Waals surface area contributed by atoms with Crippen LogP contribution in [0.5, 0.6) is 0 Å². The predicted molar refractivity (Wildman–Crippen MR) is 104 cm³/mol. The molecule has 3 rings (SSSR count). The van der Waals surface area contributed by atoms with E-state index < -0.39 is 23.5 Å². The highest BCUT2D eigenvalue weighted by Gasteiger charge is 2.34. The summed E-state index contributed by atoms with van der Waals surface area (Å²) in [5, 5.41) is 8.97. The molecule has 2 aromatic carbocycles. The van der Waals surface area contributed by atoms with Gasteiger partial charge in [0.05, 0.1) is 23.4 Å². The number of hydrogen-bond donors (Lipinski definition) is 1. The Hall–Kier alpha value is -2.81. The molecule has 158 valence electrons. The molecule has 0 amide bonds. The molecule has 0 unspecified atom stereocenters. The van der Waals surface area contributed by atoms with E-state index >= 15 is 0 Å². The van der Waals surface area contributed by atoms with Gasteiger partial charge in [0.25, 0.3) is 0 Å². The second kappa shape index (κ2) is 8.51. The number of rotatable bonds is 6. The van der Waals surface area contributed by atoms with Gasteiger partial charge in [-0.05, 0) is 55.3 Å². The van der Waals surface area contributed by atoms with Gasteiger partial charge in [0, 0.05) is 10.5 Å². The Morgan fingerprint density at radius 1 is 1.17 bits per heavy atom. The van der Waals surface area contributed by atoms with E-state index in [0.29, 0.717) is 28.8 Å². The molecule has 0 atom stereocenters. The molecule has 4 nitrogen and oxygen atoms in total. The van der Waals surface area contributed by atoms with Gasteiger partial charge in [-0.2, -0.15) is 13.2 Å². The highest BCUT2D eigenvalue weighted by Crippen LogP contribution is 2.34. The van der Waals surface area contributed by atoms with E-state index in [9.17, 15) is 22.4 Å². The van der Waals surface area contributed by atoms with Crippen LogP contribution in [0.3, 0.4) is 0 Å². The molecule has 30 heavy (non-hydrogen) atoms. The maximum Gasteiger partial charge on any atom is 0.419 e. The fourth-order valence-electron chi connectivity index (χ4n) is 2.90. The summed E-state index contributed by atoms with van der Waals surface area (Å²) >= 11 is 1.41. The molecule has 0 radical (unpaired) electrons. The zero-order valence-corrected chi connectivity index (χ0v) is 16.8. The van der Waals surface area contributed by atoms with E-state index in [1.807, 2.05) is 13.0 Å². The van der Waals surface area contributed by atoms with Crippen molar-refractivity contribution in [3.63, 3.8) is 0 Å². The van der Waals surface area contributed by atoms with Gasteiger partial charge in [0.2, 0.25) is 5.89 Å². The second-order valence-electron chi connectivity index (χ2n) is 6.73. The molecule has 0 aliphatic rings. The number of carboxylic acid groups (broad SMARTS) is 1. The number of hydrogen-bond acceptors (Lipinski definition) is 4. The Bertz CT molecular complexity index is 1090. The monoisotopic (exact) mass is 439 g/mol. The van der Waals surface area contributed by atoms with Crippen LogP contribution >= 0.6 is 11.8 Å². The highest BCUT2D eigenvalue weighted by molar-refractivity contribution is 7.98. The van der Waals surface area contributed by atoms with Crippen molar-refractivity contribution in [2.24, 2.45) is 0 Å². The number of carbonyl (C=O) groups is 1. The molecule has 1 heterocycles. The Morgan fingerprint density at radius 3 is 2.53 bits per heavy atom. The van der Waals surface area contributed by atoms with Crippen LogP contribution in [0.1, 0.15) is 28.1 Å². The number of benzene rings is 2. The second-order valence-corrected chi connectivity index (χ2v) is 7.78. The molecule has 0 saturated heterocycles. The molecule has 0 saturated carbocycles. The summed E-state index contributed by atoms with van der Waals surface area (Å²) in [6.07, 6.45) is -4.86. The molecule has 3 aromatic rings. The number of carboxylic acids is 1. The van der Waals surface area contributed by atoms with Crippen LogP contribution in [-0.2, 0) is 23.1 Å². The summed E-state index contributed by atoms with van der Waals surface area (Å²) in [5.74, 6) is -1.41. The van der Waals surface area contributed by atoms with Crippen molar-refractivity contribution in [2.45, 2.75) is 37.1 Å². The van der Waals surface area contributed by atoms with Gasteiger partial charge in [-0.25, -0.2) is 9.37 Å². The lowest BCUT2D eigenvalue weighted by molar-refractivity contribution is -0.140. The lowest BCUT2D eigenvalue weighted by Crippen LogP contribution is -2.07. The maximum absolute atomic E-state index is 13.8. The van der Waals surface area contributed by atoms with Crippen LogP contribution < -0.4 is 0 Å². The Kier molecular flexibility index (Phi) is 6.21. The first-order chi connectivity index (χ1) is 14.0. The largest absolute Gasteiger partial charge is 0.481 e. The van der Waals surface area contributed by atoms with Crippen molar-refractivity contribution in [1.29, 1.82) is 0 Å². The van der Waals surface area contributed by atoms with Crippen molar-refractivity contribution >= 4 is 17.7 Å². The molecule has 0 aliphatic heterocycles. The molecule has 1 aromatic heterocycles. The minimum atomic E-state index is -4.77. The standard InChI is InChI=1S/C21H17F4NO3S/c1-11-5-13(8-19(27)28)7-15(6-11)30-10-18-12(2)26-20(29-18)14-3-4-16(17(22)9-14)21(23,24)25/h3-7,9H,8,10H2,1-2H3,(H,27,28). The molecular weight excluding hydrogens is 422 g/mol. The lowest BCUT2D eigenvalue weighted by Gasteiger charge is -2.08. The van der Waals surface area contributed by atoms with Crippen LogP contribution in [0.25, 0.3) is 11.5 Å². The van der Waals surface area contributed by atoms with Crippen LogP contribution in [0.2, 0.25) is 0 Å². The smallest absolute Gasteiger partial charge is 0.419 e. The summed E-state index contributed by atoms with van der Waals surface area (Å²) in [7, 11) is 0. The van der Waals surface area contributed by atoms with E-state index in [1.165, 1.54) is 11.8 Å². The molecule has 1 N–H and O–H groups in total. The number of aromatic nitrogens is 1. The van der Waals surface area contributed by atoms with E-state index in [1.54, 1.807) is 19.1 Å². The van der Waals surface area contributed by atoms with E-state index in [-0.39, 0.29) is 17.9 Å². The number of thioether (sulfide) groups is 1. The van der Waals surface area contributed by atoms with Crippen LogP contribution in [-0.4, -0.2) is 16.1 Å². The normalized spacial score (nSPS) is 11.7. The third kappa shape index (κ3) is 5.21. The number of nitrogens with zero attached hydrogens (tertiary/aromatic N) is 1. The Balaban J connectivity index is 1.78. The maximum atomic E-state index is 13.8. The van der Waals surface area contributed by atoms with Crippen molar-refractivity contribution in [2.75, 3.05) is 0 Å². The van der Waals surface area contributed by atoms with Crippen molar-refractivity contribution < 1.29 is 31.9 Å². The van der Waals surface area contributed by atoms with Crippen LogP contribution in [0, 0.1) is 19.7 Å². The summed E-state index contributed by atoms with van der Waals surface area (Å²) in [4.78, 5) is 16.0. The third-order valence-electron chi connectivity index (χ3n) is 4.25. The predicted octanol–water partition coefficient (Wildman–Crippen LogP) is 6.04. The average Bonchev–Trinajstić information content (AvgIpc) is 2.98. The first-order valence-corrected chi connectivity index (χ1v) is 9.80. The summed E-state index contributed by atoms with van der Waals surface area (Å²) < 4.78 is 57.7. The fourth-order valence-corrected chi connectivity index (χ4v) is 3.97. The van der Waals surface area contributed by atoms with E-state index in [2.05, 4.69) is 4.98 Å². The van der Waals surface area contributed by atoms with Gasteiger partial charge in [-0.3, -0.25) is 4.79 Å². The zero-order valence-electron chi connectivity index (χ0n) is 16.0. The summed E-state index contributed by atoms with van der Waals surface area (Å²) in [5.41, 5.74) is 0.906. The van der Waals surface area contributed by atoms with Gasteiger partial charge in [0.15, 0.2) is 0 Å². The Morgan fingerprint density at radius 2 is 1.90 bits per heavy atom. The van der Waals surface area contributed by atoms with E-state index in [4.69, 9.17) is 9.52 Å². The molecule has 0 fully saturated rings. The van der Waals surface area contributed by atoms with E-state index in [0.717, 1.165) is 22.6 Å². The minimum absolute atomic E-state index is 0.0338. The van der Waals surface area contributed by atoms with Gasteiger partial charge in [0.1, 0.15) is 11.6 Å². The number of halogens is 4. The quantitative estimate of drug-likeness (QED) is 0.375. The Labute approximate surface area is 173 Å². The number of oxazole rings is 1. The van der Waals surface area contributed by atoms with Gasteiger partial charge in [-0.1, -0.05) is 6.07 Å². The van der Waals surface area contributed by atoms with Crippen molar-refractivity contribution in [3.8, 4) is 11.5 Å². The molecule has 9 heteroatoms. The lowest BCUT2D eigenvalue weighted by atomic mass is 10.1. The highest BCUT2D eigenvalue weighted by atomic mass is 32.2. The zero-order chi connectivity index (χ0) is 22.1. The SMILES string of the molecule is Cc1cc(CC(=O)O)cc(SCc2oc(-c3ccc(C(F)(F)F)c(F)c3)nc2C)c1. The first kappa shape index (κ1) is 21.9. The van der Waals surface area contributed by atoms with Crippen molar-refractivity contribution in [1.82, 2.24) is 4.98 Å². The van der Waals surface area contributed by atoms with Crippen molar-refractivity contribution in [3.05, 3.63) is 70.4 Å². The summed E-state index contributed by atoms with van der Waals surface area (Å²) in [6.45, 7) is 3.56. The fraction of sp³-hybridized carbons (Fsp3) is 0.238.